The van der Waals surface area contributed by atoms with Gasteiger partial charge < -0.3 is 4.74 Å². The molecule has 0 fully saturated rings. The van der Waals surface area contributed by atoms with E-state index >= 15 is 0 Å². The van der Waals surface area contributed by atoms with Crippen molar-refractivity contribution < 1.29 is 9.53 Å². The maximum atomic E-state index is 12.5. The van der Waals surface area contributed by atoms with Crippen LogP contribution in [0.1, 0.15) is 26.5 Å². The van der Waals surface area contributed by atoms with Crippen LogP contribution in [-0.4, -0.2) is 33.1 Å². The molecule has 0 aromatic carbocycles. The van der Waals surface area contributed by atoms with Gasteiger partial charge in [-0.3, -0.25) is 14.2 Å². The third-order valence-electron chi connectivity index (χ3n) is 3.09. The highest BCUT2D eigenvalue weighted by Crippen LogP contribution is 2.34. The quantitative estimate of drug-likeness (QED) is 0.481. The van der Waals surface area contributed by atoms with Gasteiger partial charge in [0.05, 0.1) is 17.7 Å². The standard InChI is InChI=1S/C13H18N2O3S2/c1-5-15-11(16)10-9(6-7(2)19-10)14-13(15)20-8(3)12(17)18-4/h7-8H,5-6H2,1-4H3. The number of aromatic nitrogens is 2. The van der Waals surface area contributed by atoms with E-state index in [2.05, 4.69) is 11.9 Å². The zero-order chi connectivity index (χ0) is 14.9. The molecule has 1 aliphatic rings. The third-order valence-corrected chi connectivity index (χ3v) is 5.38. The summed E-state index contributed by atoms with van der Waals surface area (Å²) in [6.07, 6.45) is 0.806. The van der Waals surface area contributed by atoms with Gasteiger partial charge in [0.25, 0.3) is 5.56 Å². The molecule has 2 rings (SSSR count). The lowest BCUT2D eigenvalue weighted by molar-refractivity contribution is -0.139. The van der Waals surface area contributed by atoms with Crippen molar-refractivity contribution in [1.29, 1.82) is 0 Å². The van der Waals surface area contributed by atoms with Crippen molar-refractivity contribution in [2.75, 3.05) is 7.11 Å². The Labute approximate surface area is 126 Å². The van der Waals surface area contributed by atoms with Crippen molar-refractivity contribution in [2.45, 2.75) is 54.3 Å². The number of ether oxygens (including phenoxy) is 1. The summed E-state index contributed by atoms with van der Waals surface area (Å²) in [5, 5.41) is 0.604. The molecule has 2 atom stereocenters. The number of fused-ring (bicyclic) bond motifs is 1. The summed E-state index contributed by atoms with van der Waals surface area (Å²) in [5.74, 6) is -0.310. The molecule has 0 N–H and O–H groups in total. The molecule has 0 bridgehead atoms. The highest BCUT2D eigenvalue weighted by Gasteiger charge is 2.27. The van der Waals surface area contributed by atoms with Crippen molar-refractivity contribution in [1.82, 2.24) is 9.55 Å². The lowest BCUT2D eigenvalue weighted by Gasteiger charge is -2.14. The molecule has 1 aromatic rings. The fourth-order valence-electron chi connectivity index (χ4n) is 2.07. The lowest BCUT2D eigenvalue weighted by atomic mass is 10.2. The zero-order valence-corrected chi connectivity index (χ0v) is 13.6. The summed E-state index contributed by atoms with van der Waals surface area (Å²) in [5.41, 5.74) is 0.864. The first kappa shape index (κ1) is 15.4. The van der Waals surface area contributed by atoms with Crippen LogP contribution in [0.2, 0.25) is 0 Å². The molecule has 7 heteroatoms. The molecule has 20 heavy (non-hydrogen) atoms. The Bertz CT molecular complexity index is 586. The number of hydrogen-bond acceptors (Lipinski definition) is 6. The van der Waals surface area contributed by atoms with Gasteiger partial charge in [0.15, 0.2) is 5.16 Å². The normalized spacial score (nSPS) is 18.7. The van der Waals surface area contributed by atoms with Gasteiger partial charge in [-0.2, -0.15) is 0 Å². The van der Waals surface area contributed by atoms with Gasteiger partial charge in [-0.25, -0.2) is 4.98 Å². The van der Waals surface area contributed by atoms with Gasteiger partial charge in [-0.1, -0.05) is 18.7 Å². The first-order chi connectivity index (χ1) is 9.47. The van der Waals surface area contributed by atoms with Crippen molar-refractivity contribution in [3.63, 3.8) is 0 Å². The van der Waals surface area contributed by atoms with Gasteiger partial charge in [0, 0.05) is 18.2 Å². The summed E-state index contributed by atoms with van der Waals surface area (Å²) in [7, 11) is 1.36. The largest absolute Gasteiger partial charge is 0.468 e. The molecular formula is C13H18N2O3S2. The van der Waals surface area contributed by atoms with Crippen molar-refractivity contribution in [3.05, 3.63) is 16.0 Å². The SMILES string of the molecule is CCn1c(SC(C)C(=O)OC)nc2c(c1=O)SC(C)C2. The highest BCUT2D eigenvalue weighted by atomic mass is 32.2. The predicted octanol–water partition coefficient (Wildman–Crippen LogP) is 1.95. The number of methoxy groups -OCH3 is 1. The summed E-state index contributed by atoms with van der Waals surface area (Å²) < 4.78 is 6.35. The Kier molecular flexibility index (Phi) is 4.80. The van der Waals surface area contributed by atoms with E-state index in [9.17, 15) is 9.59 Å². The van der Waals surface area contributed by atoms with E-state index in [4.69, 9.17) is 4.74 Å². The molecule has 0 spiro atoms. The number of hydrogen-bond donors (Lipinski definition) is 0. The predicted molar refractivity (Wildman–Crippen MR) is 80.5 cm³/mol. The second-order valence-corrected chi connectivity index (χ2v) is 7.39. The van der Waals surface area contributed by atoms with Crippen LogP contribution in [0.25, 0.3) is 0 Å². The molecule has 0 saturated heterocycles. The Hall–Kier alpha value is -0.950. The fraction of sp³-hybridized carbons (Fsp3) is 0.615. The van der Waals surface area contributed by atoms with Gasteiger partial charge in [0.2, 0.25) is 0 Å². The maximum Gasteiger partial charge on any atom is 0.318 e. The molecule has 110 valence electrons. The Balaban J connectivity index is 2.39. The van der Waals surface area contributed by atoms with Crippen LogP contribution in [-0.2, 0) is 22.5 Å². The molecule has 0 amide bonds. The summed E-state index contributed by atoms with van der Waals surface area (Å²) in [4.78, 5) is 29.3. The van der Waals surface area contributed by atoms with Crippen molar-refractivity contribution >= 4 is 29.5 Å². The molecular weight excluding hydrogens is 296 g/mol. The minimum atomic E-state index is -0.380. The van der Waals surface area contributed by atoms with Crippen LogP contribution >= 0.6 is 23.5 Å². The van der Waals surface area contributed by atoms with Crippen LogP contribution in [0.5, 0.6) is 0 Å². The highest BCUT2D eigenvalue weighted by molar-refractivity contribution is 8.00. The summed E-state index contributed by atoms with van der Waals surface area (Å²) in [6.45, 7) is 6.30. The maximum absolute atomic E-state index is 12.5. The molecule has 0 saturated carbocycles. The second-order valence-electron chi connectivity index (χ2n) is 4.64. The Morgan fingerprint density at radius 2 is 2.35 bits per heavy atom. The number of rotatable bonds is 4. The Morgan fingerprint density at radius 3 is 2.95 bits per heavy atom. The van der Waals surface area contributed by atoms with E-state index in [1.165, 1.54) is 18.9 Å². The smallest absolute Gasteiger partial charge is 0.318 e. The topological polar surface area (TPSA) is 61.2 Å². The Morgan fingerprint density at radius 1 is 1.65 bits per heavy atom. The van der Waals surface area contributed by atoms with Crippen LogP contribution in [0.3, 0.4) is 0 Å². The van der Waals surface area contributed by atoms with Crippen LogP contribution in [0, 0.1) is 0 Å². The second kappa shape index (κ2) is 6.22. The number of carbonyl (C=O) groups excluding carboxylic acids is 1. The van der Waals surface area contributed by atoms with E-state index in [1.54, 1.807) is 23.3 Å². The van der Waals surface area contributed by atoms with Crippen LogP contribution in [0.4, 0.5) is 0 Å². The fourth-order valence-corrected chi connectivity index (χ4v) is 4.20. The molecule has 1 aromatic heterocycles. The minimum absolute atomic E-state index is 0.00594. The van der Waals surface area contributed by atoms with E-state index in [-0.39, 0.29) is 16.8 Å². The number of esters is 1. The van der Waals surface area contributed by atoms with Crippen LogP contribution < -0.4 is 5.56 Å². The number of nitrogens with zero attached hydrogens (tertiary/aromatic N) is 2. The summed E-state index contributed by atoms with van der Waals surface area (Å²) >= 11 is 2.87. The third kappa shape index (κ3) is 2.88. The molecule has 0 aliphatic carbocycles. The van der Waals surface area contributed by atoms with Crippen LogP contribution in [0.15, 0.2) is 14.8 Å². The number of carbonyl (C=O) groups is 1. The average Bonchev–Trinajstić information content (AvgIpc) is 2.79. The number of thioether (sulfide) groups is 2. The lowest BCUT2D eigenvalue weighted by Crippen LogP contribution is -2.26. The monoisotopic (exact) mass is 314 g/mol. The van der Waals surface area contributed by atoms with Crippen molar-refractivity contribution in [3.8, 4) is 0 Å². The van der Waals surface area contributed by atoms with Gasteiger partial charge in [-0.15, -0.1) is 11.8 Å². The minimum Gasteiger partial charge on any atom is -0.468 e. The van der Waals surface area contributed by atoms with Gasteiger partial charge >= 0.3 is 5.97 Å². The van der Waals surface area contributed by atoms with E-state index < -0.39 is 0 Å². The molecule has 2 heterocycles. The molecule has 5 nitrogen and oxygen atoms in total. The van der Waals surface area contributed by atoms with E-state index in [0.717, 1.165) is 17.0 Å². The molecule has 0 radical (unpaired) electrons. The van der Waals surface area contributed by atoms with Crippen molar-refractivity contribution in [2.24, 2.45) is 0 Å². The summed E-state index contributed by atoms with van der Waals surface area (Å²) in [6, 6.07) is 0. The first-order valence-corrected chi connectivity index (χ1v) is 8.28. The molecule has 2 unspecified atom stereocenters. The van der Waals surface area contributed by atoms with Gasteiger partial charge in [0.1, 0.15) is 5.25 Å². The van der Waals surface area contributed by atoms with E-state index in [0.29, 0.717) is 17.0 Å². The first-order valence-electron chi connectivity index (χ1n) is 6.52. The average molecular weight is 314 g/mol. The van der Waals surface area contributed by atoms with E-state index in [1.807, 2.05) is 6.92 Å². The zero-order valence-electron chi connectivity index (χ0n) is 12.0. The van der Waals surface area contributed by atoms with Gasteiger partial charge in [-0.05, 0) is 13.8 Å². The molecule has 1 aliphatic heterocycles.